The molecule has 2 aromatic rings. The number of ketones is 1. The number of benzene rings is 2. The molecule has 2 aromatic carbocycles. The summed E-state index contributed by atoms with van der Waals surface area (Å²) in [5, 5.41) is 0.130. The molecule has 0 amide bonds. The average Bonchev–Trinajstić information content (AvgIpc) is 2.85. The van der Waals surface area contributed by atoms with Gasteiger partial charge in [0.25, 0.3) is 0 Å². The maximum absolute atomic E-state index is 14.4. The predicted molar refractivity (Wildman–Crippen MR) is 114 cm³/mol. The van der Waals surface area contributed by atoms with Crippen LogP contribution in [0.3, 0.4) is 0 Å². The Balaban J connectivity index is 1.96. The van der Waals surface area contributed by atoms with Crippen molar-refractivity contribution < 1.29 is 26.5 Å². The lowest BCUT2D eigenvalue weighted by atomic mass is 9.65. The highest BCUT2D eigenvalue weighted by molar-refractivity contribution is 7.90. The van der Waals surface area contributed by atoms with Crippen LogP contribution in [0.5, 0.6) is 0 Å². The van der Waals surface area contributed by atoms with Crippen LogP contribution in [0.15, 0.2) is 60.2 Å². The molecule has 29 heavy (non-hydrogen) atoms. The molecule has 0 bridgehead atoms. The lowest BCUT2D eigenvalue weighted by Crippen LogP contribution is -2.40. The van der Waals surface area contributed by atoms with E-state index >= 15 is 0 Å². The molecular formula is C17H16B3ClFNO5S. The number of rotatable bonds is 5. The smallest absolute Gasteiger partial charge is 0.304 e. The van der Waals surface area contributed by atoms with Crippen molar-refractivity contribution in [3.05, 3.63) is 82.1 Å². The maximum Gasteiger partial charge on any atom is 0.304 e. The number of halogens is 2. The van der Waals surface area contributed by atoms with Crippen LogP contribution < -0.4 is 5.73 Å². The first-order valence-electron chi connectivity index (χ1n) is 8.59. The third-order valence-electron chi connectivity index (χ3n) is 4.91. The Hall–Kier alpha value is -2.39. The van der Waals surface area contributed by atoms with Crippen molar-refractivity contribution in [1.29, 1.82) is 0 Å². The molecule has 0 fully saturated rings. The third kappa shape index (κ3) is 3.53. The average molecular weight is 433 g/mol. The van der Waals surface area contributed by atoms with E-state index in [0.717, 1.165) is 6.07 Å². The minimum atomic E-state index is -4.36. The van der Waals surface area contributed by atoms with Crippen LogP contribution in [0.4, 0.5) is 4.39 Å². The zero-order chi connectivity index (χ0) is 21.6. The fourth-order valence-corrected chi connectivity index (χ4v) is 4.14. The van der Waals surface area contributed by atoms with Crippen molar-refractivity contribution in [1.82, 2.24) is 0 Å². The molecular weight excluding hydrogens is 417 g/mol. The lowest BCUT2D eigenvalue weighted by molar-refractivity contribution is -0.126. The molecule has 1 atom stereocenters. The van der Waals surface area contributed by atoms with Crippen LogP contribution in [-0.2, 0) is 33.9 Å². The van der Waals surface area contributed by atoms with Gasteiger partial charge in [0.2, 0.25) is 17.4 Å². The highest BCUT2D eigenvalue weighted by Crippen LogP contribution is 2.39. The SMILES string of the molecule is BC(B)(c1ccccc1)S(=O)(=O)OC1=C(N)O[C@@](B)(c2ccc(Cl)cc2F)C1=O. The Morgan fingerprint density at radius 1 is 1.17 bits per heavy atom. The summed E-state index contributed by atoms with van der Waals surface area (Å²) < 4.78 is 49.3. The summed E-state index contributed by atoms with van der Waals surface area (Å²) in [5.74, 6) is -2.94. The zero-order valence-corrected chi connectivity index (χ0v) is 17.5. The van der Waals surface area contributed by atoms with E-state index in [9.17, 15) is 17.6 Å². The van der Waals surface area contributed by atoms with Gasteiger partial charge in [0.05, 0.1) is 4.55 Å². The Kier molecular flexibility index (Phi) is 5.25. The van der Waals surface area contributed by atoms with Gasteiger partial charge in [0.15, 0.2) is 13.3 Å². The molecule has 1 aliphatic heterocycles. The minimum Gasteiger partial charge on any atom is -0.467 e. The van der Waals surface area contributed by atoms with E-state index in [1.54, 1.807) is 30.3 Å². The Morgan fingerprint density at radius 2 is 1.79 bits per heavy atom. The lowest BCUT2D eigenvalue weighted by Gasteiger charge is -2.26. The summed E-state index contributed by atoms with van der Waals surface area (Å²) in [6, 6.07) is 12.0. The second-order valence-corrected chi connectivity index (χ2v) is 9.73. The molecule has 12 heteroatoms. The summed E-state index contributed by atoms with van der Waals surface area (Å²) in [6.07, 6.45) is 0. The van der Waals surface area contributed by atoms with Crippen LogP contribution in [0.1, 0.15) is 11.1 Å². The number of carbonyl (C=O) groups excluding carboxylic acids is 1. The molecule has 0 saturated heterocycles. The van der Waals surface area contributed by atoms with E-state index in [-0.39, 0.29) is 10.6 Å². The highest BCUT2D eigenvalue weighted by Gasteiger charge is 2.51. The van der Waals surface area contributed by atoms with E-state index in [2.05, 4.69) is 0 Å². The van der Waals surface area contributed by atoms with Gasteiger partial charge in [-0.25, -0.2) is 4.39 Å². The number of ether oxygens (including phenoxy) is 1. The van der Waals surface area contributed by atoms with Gasteiger partial charge < -0.3 is 14.7 Å². The van der Waals surface area contributed by atoms with Crippen LogP contribution >= 0.6 is 11.6 Å². The van der Waals surface area contributed by atoms with Crippen LogP contribution in [0.2, 0.25) is 5.02 Å². The van der Waals surface area contributed by atoms with E-state index in [1.165, 1.54) is 35.7 Å². The van der Waals surface area contributed by atoms with Crippen LogP contribution in [0, 0.1) is 5.82 Å². The maximum atomic E-state index is 14.4. The van der Waals surface area contributed by atoms with Gasteiger partial charge in [-0.05, 0) is 17.7 Å². The molecule has 0 radical (unpaired) electrons. The largest absolute Gasteiger partial charge is 0.467 e. The van der Waals surface area contributed by atoms with Gasteiger partial charge in [-0.1, -0.05) is 48.0 Å². The van der Waals surface area contributed by atoms with Crippen molar-refractivity contribution in [3.63, 3.8) is 0 Å². The van der Waals surface area contributed by atoms with Crippen LogP contribution in [-0.4, -0.2) is 37.7 Å². The standard InChI is InChI=1S/C17H16B3ClFNO5S/c18-16(11-7-6-10(21)8-12(11)22)14(24)13(15(23)27-16)28-29(25,26)17(19,20)9-4-2-1-3-5-9/h1-8H,18-20,23H2/t16-/m0/s1. The van der Waals surface area contributed by atoms with E-state index in [1.807, 2.05) is 0 Å². The van der Waals surface area contributed by atoms with Gasteiger partial charge in [0.1, 0.15) is 21.5 Å². The fourth-order valence-electron chi connectivity index (χ4n) is 2.97. The summed E-state index contributed by atoms with van der Waals surface area (Å²) in [4.78, 5) is 13.0. The molecule has 1 heterocycles. The first-order chi connectivity index (χ1) is 13.4. The number of nitrogens with two attached hydrogens (primary N) is 1. The Morgan fingerprint density at radius 3 is 2.38 bits per heavy atom. The quantitative estimate of drug-likeness (QED) is 0.501. The molecule has 0 saturated carbocycles. The monoisotopic (exact) mass is 433 g/mol. The Labute approximate surface area is 175 Å². The normalized spacial score (nSPS) is 19.9. The zero-order valence-electron chi connectivity index (χ0n) is 15.9. The van der Waals surface area contributed by atoms with Gasteiger partial charge in [-0.3, -0.25) is 4.79 Å². The second-order valence-electron chi connectivity index (χ2n) is 7.20. The molecule has 1 aliphatic rings. The van der Waals surface area contributed by atoms with Crippen molar-refractivity contribution in [2.24, 2.45) is 5.73 Å². The number of hydrogen-bond donors (Lipinski definition) is 1. The number of carbonyl (C=O) groups is 1. The highest BCUT2D eigenvalue weighted by atomic mass is 35.5. The van der Waals surface area contributed by atoms with Gasteiger partial charge >= 0.3 is 10.1 Å². The third-order valence-corrected chi connectivity index (χ3v) is 7.02. The van der Waals surface area contributed by atoms with Crippen molar-refractivity contribution in [3.8, 4) is 0 Å². The van der Waals surface area contributed by atoms with E-state index < -0.39 is 43.4 Å². The predicted octanol–water partition coefficient (Wildman–Crippen LogP) is -0.585. The Bertz CT molecular complexity index is 1130. The molecule has 0 unspecified atom stereocenters. The molecule has 148 valence electrons. The van der Waals surface area contributed by atoms with E-state index in [4.69, 9.17) is 26.3 Å². The van der Waals surface area contributed by atoms with Gasteiger partial charge in [-0.15, -0.1) is 0 Å². The fraction of sp³-hybridized carbons (Fsp3) is 0.118. The summed E-state index contributed by atoms with van der Waals surface area (Å²) in [5.41, 5.74) is 4.17. The summed E-state index contributed by atoms with van der Waals surface area (Å²) >= 11 is 5.75. The van der Waals surface area contributed by atoms with E-state index in [0.29, 0.717) is 5.56 Å². The first-order valence-corrected chi connectivity index (χ1v) is 10.4. The molecule has 3 rings (SSSR count). The van der Waals surface area contributed by atoms with Crippen LogP contribution in [0.25, 0.3) is 0 Å². The number of hydrogen-bond acceptors (Lipinski definition) is 6. The molecule has 2 N–H and O–H groups in total. The number of Topliss-reactive ketones (excluding diaryl/α,β-unsaturated/α-hetero) is 1. The molecule has 6 nitrogen and oxygen atoms in total. The molecule has 0 aromatic heterocycles. The van der Waals surface area contributed by atoms with Crippen molar-refractivity contribution in [2.45, 2.75) is 10.0 Å². The summed E-state index contributed by atoms with van der Waals surface area (Å²) in [7, 11) is -0.213. The molecule has 0 spiro atoms. The van der Waals surface area contributed by atoms with Crippen molar-refractivity contribution in [2.75, 3.05) is 0 Å². The van der Waals surface area contributed by atoms with Gasteiger partial charge in [-0.2, -0.15) is 8.42 Å². The summed E-state index contributed by atoms with van der Waals surface area (Å²) in [6.45, 7) is 0. The first kappa shape index (κ1) is 21.3. The minimum absolute atomic E-state index is 0.130. The van der Waals surface area contributed by atoms with Crippen molar-refractivity contribution >= 4 is 51.0 Å². The second kappa shape index (κ2) is 7.14. The topological polar surface area (TPSA) is 95.7 Å². The molecule has 0 aliphatic carbocycles. The van der Waals surface area contributed by atoms with Gasteiger partial charge in [0, 0.05) is 10.6 Å².